The molecule has 0 aliphatic rings. The van der Waals surface area contributed by atoms with Crippen LogP contribution in [0.2, 0.25) is 0 Å². The quantitative estimate of drug-likeness (QED) is 0.685. The number of anilines is 1. The number of rotatable bonds is 3. The molecule has 2 N–H and O–H groups in total. The molecule has 1 atom stereocenters. The first-order chi connectivity index (χ1) is 5.29. The Morgan fingerprint density at radius 3 is 2.55 bits per heavy atom. The maximum atomic E-state index is 8.95. The van der Waals surface area contributed by atoms with Gasteiger partial charge in [0, 0.05) is 12.2 Å². The van der Waals surface area contributed by atoms with Crippen LogP contribution >= 0.6 is 0 Å². The van der Waals surface area contributed by atoms with E-state index in [1.165, 1.54) is 0 Å². The second-order valence-corrected chi connectivity index (χ2v) is 2.60. The van der Waals surface area contributed by atoms with Crippen molar-refractivity contribution in [2.24, 2.45) is 0 Å². The monoisotopic (exact) mass is 151 g/mol. The van der Waals surface area contributed by atoms with Gasteiger partial charge in [-0.15, -0.1) is 0 Å². The average molecular weight is 151 g/mol. The van der Waals surface area contributed by atoms with Crippen molar-refractivity contribution < 1.29 is 5.11 Å². The summed E-state index contributed by atoms with van der Waals surface area (Å²) < 4.78 is 0. The predicted molar refractivity (Wildman–Crippen MR) is 46.6 cm³/mol. The van der Waals surface area contributed by atoms with Gasteiger partial charge in [0.15, 0.2) is 0 Å². The molecule has 1 aromatic rings. The maximum Gasteiger partial charge on any atom is 0.0684 e. The van der Waals surface area contributed by atoms with E-state index in [0.717, 1.165) is 5.69 Å². The van der Waals surface area contributed by atoms with Crippen LogP contribution in [0.4, 0.5) is 5.69 Å². The fourth-order valence-corrected chi connectivity index (χ4v) is 0.822. The summed E-state index contributed by atoms with van der Waals surface area (Å²) in [6, 6.07) is 9.84. The molecule has 0 amide bonds. The SMILES string of the molecule is C[C@H](O)CNc1ccccc1. The van der Waals surface area contributed by atoms with Gasteiger partial charge in [0.2, 0.25) is 0 Å². The molecule has 2 nitrogen and oxygen atoms in total. The second-order valence-electron chi connectivity index (χ2n) is 2.60. The molecule has 1 rings (SSSR count). The van der Waals surface area contributed by atoms with E-state index in [4.69, 9.17) is 5.11 Å². The average Bonchev–Trinajstić information content (AvgIpc) is 2.03. The van der Waals surface area contributed by atoms with Gasteiger partial charge in [-0.1, -0.05) is 18.2 Å². The Hall–Kier alpha value is -1.02. The minimum atomic E-state index is -0.296. The molecular weight excluding hydrogens is 138 g/mol. The molecule has 0 aliphatic heterocycles. The molecule has 0 aromatic heterocycles. The maximum absolute atomic E-state index is 8.95. The van der Waals surface area contributed by atoms with Gasteiger partial charge in [0.1, 0.15) is 0 Å². The summed E-state index contributed by atoms with van der Waals surface area (Å²) in [5, 5.41) is 12.0. The molecule has 2 heteroatoms. The summed E-state index contributed by atoms with van der Waals surface area (Å²) in [4.78, 5) is 0. The Bertz CT molecular complexity index is 196. The van der Waals surface area contributed by atoms with Crippen molar-refractivity contribution in [2.45, 2.75) is 13.0 Å². The molecule has 60 valence electrons. The first-order valence-corrected chi connectivity index (χ1v) is 3.76. The van der Waals surface area contributed by atoms with E-state index in [-0.39, 0.29) is 6.10 Å². The number of benzene rings is 1. The van der Waals surface area contributed by atoms with Crippen molar-refractivity contribution in [1.82, 2.24) is 0 Å². The minimum Gasteiger partial charge on any atom is -0.392 e. The Morgan fingerprint density at radius 2 is 2.00 bits per heavy atom. The minimum absolute atomic E-state index is 0.296. The highest BCUT2D eigenvalue weighted by Crippen LogP contribution is 2.03. The molecule has 1 aromatic carbocycles. The van der Waals surface area contributed by atoms with Gasteiger partial charge in [-0.25, -0.2) is 0 Å². The van der Waals surface area contributed by atoms with Gasteiger partial charge in [-0.2, -0.15) is 0 Å². The fourth-order valence-electron chi connectivity index (χ4n) is 0.822. The number of aliphatic hydroxyl groups is 1. The first-order valence-electron chi connectivity index (χ1n) is 3.76. The second kappa shape index (κ2) is 3.98. The molecule has 0 spiro atoms. The highest BCUT2D eigenvalue weighted by Gasteiger charge is 1.93. The molecular formula is C9H13NO. The molecule has 0 saturated carbocycles. The van der Waals surface area contributed by atoms with Gasteiger partial charge in [-0.3, -0.25) is 0 Å². The molecule has 0 radical (unpaired) electrons. The Morgan fingerprint density at radius 1 is 1.36 bits per heavy atom. The highest BCUT2D eigenvalue weighted by molar-refractivity contribution is 5.42. The number of aliphatic hydroxyl groups excluding tert-OH is 1. The van der Waals surface area contributed by atoms with E-state index >= 15 is 0 Å². The predicted octanol–water partition coefficient (Wildman–Crippen LogP) is 1.48. The van der Waals surface area contributed by atoms with Crippen molar-refractivity contribution in [1.29, 1.82) is 0 Å². The van der Waals surface area contributed by atoms with Gasteiger partial charge >= 0.3 is 0 Å². The third-order valence-electron chi connectivity index (χ3n) is 1.38. The molecule has 0 unspecified atom stereocenters. The summed E-state index contributed by atoms with van der Waals surface area (Å²) >= 11 is 0. The van der Waals surface area contributed by atoms with Crippen molar-refractivity contribution in [3.05, 3.63) is 30.3 Å². The zero-order valence-electron chi connectivity index (χ0n) is 6.62. The molecule has 11 heavy (non-hydrogen) atoms. The van der Waals surface area contributed by atoms with Crippen molar-refractivity contribution in [2.75, 3.05) is 11.9 Å². The van der Waals surface area contributed by atoms with Gasteiger partial charge < -0.3 is 10.4 Å². The lowest BCUT2D eigenvalue weighted by atomic mass is 10.3. The molecule has 0 saturated heterocycles. The Kier molecular flexibility index (Phi) is 2.93. The third kappa shape index (κ3) is 3.05. The largest absolute Gasteiger partial charge is 0.392 e. The zero-order chi connectivity index (χ0) is 8.10. The van der Waals surface area contributed by atoms with Crippen LogP contribution in [0.25, 0.3) is 0 Å². The van der Waals surface area contributed by atoms with Crippen molar-refractivity contribution >= 4 is 5.69 Å². The third-order valence-corrected chi connectivity index (χ3v) is 1.38. The zero-order valence-corrected chi connectivity index (χ0v) is 6.62. The lowest BCUT2D eigenvalue weighted by molar-refractivity contribution is 0.208. The van der Waals surface area contributed by atoms with E-state index in [9.17, 15) is 0 Å². The summed E-state index contributed by atoms with van der Waals surface area (Å²) in [6.45, 7) is 2.36. The van der Waals surface area contributed by atoms with Gasteiger partial charge in [0.25, 0.3) is 0 Å². The van der Waals surface area contributed by atoms with Crippen LogP contribution in [-0.2, 0) is 0 Å². The van der Waals surface area contributed by atoms with E-state index in [2.05, 4.69) is 5.32 Å². The van der Waals surface area contributed by atoms with Crippen LogP contribution in [0.1, 0.15) is 6.92 Å². The molecule has 0 heterocycles. The van der Waals surface area contributed by atoms with Crippen LogP contribution in [0.15, 0.2) is 30.3 Å². The topological polar surface area (TPSA) is 32.3 Å². The normalized spacial score (nSPS) is 12.5. The summed E-state index contributed by atoms with van der Waals surface area (Å²) in [5.74, 6) is 0. The van der Waals surface area contributed by atoms with Crippen LogP contribution < -0.4 is 5.32 Å². The molecule has 0 bridgehead atoms. The number of hydrogen-bond donors (Lipinski definition) is 2. The summed E-state index contributed by atoms with van der Waals surface area (Å²) in [5.41, 5.74) is 1.05. The van der Waals surface area contributed by atoms with E-state index in [0.29, 0.717) is 6.54 Å². The summed E-state index contributed by atoms with van der Waals surface area (Å²) in [7, 11) is 0. The Labute approximate surface area is 66.9 Å². The molecule has 0 aliphatic carbocycles. The van der Waals surface area contributed by atoms with Crippen molar-refractivity contribution in [3.63, 3.8) is 0 Å². The highest BCUT2D eigenvalue weighted by atomic mass is 16.3. The number of hydrogen-bond acceptors (Lipinski definition) is 2. The number of para-hydroxylation sites is 1. The van der Waals surface area contributed by atoms with Crippen molar-refractivity contribution in [3.8, 4) is 0 Å². The Balaban J connectivity index is 2.39. The lowest BCUT2D eigenvalue weighted by Gasteiger charge is -2.07. The smallest absolute Gasteiger partial charge is 0.0684 e. The molecule has 0 fully saturated rings. The van der Waals surface area contributed by atoms with Crippen LogP contribution in [0.3, 0.4) is 0 Å². The van der Waals surface area contributed by atoms with Crippen LogP contribution in [0.5, 0.6) is 0 Å². The lowest BCUT2D eigenvalue weighted by Crippen LogP contribution is -2.14. The van der Waals surface area contributed by atoms with E-state index in [1.54, 1.807) is 6.92 Å². The van der Waals surface area contributed by atoms with Crippen LogP contribution in [-0.4, -0.2) is 17.8 Å². The number of nitrogens with one attached hydrogen (secondary N) is 1. The summed E-state index contributed by atoms with van der Waals surface area (Å²) in [6.07, 6.45) is -0.296. The van der Waals surface area contributed by atoms with Gasteiger partial charge in [-0.05, 0) is 19.1 Å². The van der Waals surface area contributed by atoms with E-state index < -0.39 is 0 Å². The van der Waals surface area contributed by atoms with Gasteiger partial charge in [0.05, 0.1) is 6.10 Å². The van der Waals surface area contributed by atoms with E-state index in [1.807, 2.05) is 30.3 Å². The fraction of sp³-hybridized carbons (Fsp3) is 0.333. The first kappa shape index (κ1) is 8.08. The standard InChI is InChI=1S/C9H13NO/c1-8(11)7-10-9-5-3-2-4-6-9/h2-6,8,10-11H,7H2,1H3/t8-/m0/s1. The van der Waals surface area contributed by atoms with Crippen LogP contribution in [0, 0.1) is 0 Å².